The summed E-state index contributed by atoms with van der Waals surface area (Å²) in [6.45, 7) is 7.72. The summed E-state index contributed by atoms with van der Waals surface area (Å²) in [4.78, 5) is 19.3. The lowest BCUT2D eigenvalue weighted by Gasteiger charge is -2.37. The summed E-state index contributed by atoms with van der Waals surface area (Å²) in [5, 5.41) is 4.51. The van der Waals surface area contributed by atoms with Gasteiger partial charge >= 0.3 is 0 Å². The molecule has 1 amide bonds. The smallest absolute Gasteiger partial charge is 0.242 e. The van der Waals surface area contributed by atoms with Gasteiger partial charge in [-0.1, -0.05) is 18.2 Å². The number of hydrogen-bond acceptors (Lipinski definition) is 4. The number of anilines is 2. The van der Waals surface area contributed by atoms with Gasteiger partial charge in [0.15, 0.2) is 0 Å². The minimum absolute atomic E-state index is 0.222. The molecule has 0 unspecified atom stereocenters. The molecule has 2 aliphatic heterocycles. The molecule has 1 fully saturated rings. The summed E-state index contributed by atoms with van der Waals surface area (Å²) >= 11 is 0. The van der Waals surface area contributed by atoms with Crippen molar-refractivity contribution in [2.75, 3.05) is 49.1 Å². The summed E-state index contributed by atoms with van der Waals surface area (Å²) in [5.41, 5.74) is 2.26. The molecular weight excluding hydrogens is 314 g/mol. The molecule has 4 rings (SSSR count). The predicted molar refractivity (Wildman–Crippen MR) is 99.0 cm³/mol. The minimum Gasteiger partial charge on any atom is -0.368 e. The number of aromatic nitrogens is 2. The highest BCUT2D eigenvalue weighted by atomic mass is 16.2. The lowest BCUT2D eigenvalue weighted by Crippen LogP contribution is -2.52. The Kier molecular flexibility index (Phi) is 4.34. The number of nitrogens with zero attached hydrogens (tertiary/aromatic N) is 5. The Hall–Kier alpha value is -2.50. The molecule has 2 aromatic rings. The quantitative estimate of drug-likeness (QED) is 0.855. The van der Waals surface area contributed by atoms with E-state index in [0.29, 0.717) is 6.54 Å². The molecule has 0 atom stereocenters. The molecule has 2 aliphatic rings. The molecule has 0 spiro atoms. The van der Waals surface area contributed by atoms with Crippen LogP contribution < -0.4 is 9.80 Å². The molecule has 25 heavy (non-hydrogen) atoms. The second kappa shape index (κ2) is 6.78. The maximum absolute atomic E-state index is 12.8. The van der Waals surface area contributed by atoms with E-state index < -0.39 is 0 Å². The average molecular weight is 339 g/mol. The fourth-order valence-corrected chi connectivity index (χ4v) is 3.75. The molecule has 1 aromatic carbocycles. The van der Waals surface area contributed by atoms with Gasteiger partial charge in [0.05, 0.1) is 12.2 Å². The summed E-state index contributed by atoms with van der Waals surface area (Å²) in [6.07, 6.45) is 1.04. The van der Waals surface area contributed by atoms with Gasteiger partial charge in [0.2, 0.25) is 5.91 Å². The Labute approximate surface area is 148 Å². The van der Waals surface area contributed by atoms with E-state index in [4.69, 9.17) is 0 Å². The maximum atomic E-state index is 12.8. The number of benzene rings is 1. The Morgan fingerprint density at radius 3 is 2.56 bits per heavy atom. The van der Waals surface area contributed by atoms with Crippen molar-refractivity contribution in [3.8, 4) is 0 Å². The third kappa shape index (κ3) is 3.34. The van der Waals surface area contributed by atoms with Crippen molar-refractivity contribution in [3.63, 3.8) is 0 Å². The first-order chi connectivity index (χ1) is 12.2. The average Bonchev–Trinajstić information content (AvgIpc) is 3.04. The van der Waals surface area contributed by atoms with E-state index >= 15 is 0 Å². The molecule has 1 saturated heterocycles. The van der Waals surface area contributed by atoms with Crippen LogP contribution in [-0.2, 0) is 11.3 Å². The van der Waals surface area contributed by atoms with Gasteiger partial charge in [0.25, 0.3) is 0 Å². The lowest BCUT2D eigenvalue weighted by atomic mass is 10.2. The first-order valence-electron chi connectivity index (χ1n) is 9.08. The van der Waals surface area contributed by atoms with Crippen LogP contribution in [0.15, 0.2) is 36.4 Å². The molecule has 132 valence electrons. The van der Waals surface area contributed by atoms with Crippen molar-refractivity contribution < 1.29 is 4.79 Å². The highest BCUT2D eigenvalue weighted by Gasteiger charge is 2.25. The van der Waals surface area contributed by atoms with Crippen LogP contribution in [0, 0.1) is 6.92 Å². The first-order valence-corrected chi connectivity index (χ1v) is 9.08. The highest BCUT2D eigenvalue weighted by Crippen LogP contribution is 2.22. The van der Waals surface area contributed by atoms with Crippen LogP contribution in [0.5, 0.6) is 0 Å². The van der Waals surface area contributed by atoms with Crippen molar-refractivity contribution in [2.24, 2.45) is 0 Å². The molecule has 0 N–H and O–H groups in total. The van der Waals surface area contributed by atoms with Crippen LogP contribution in [-0.4, -0.2) is 59.9 Å². The number of para-hydroxylation sites is 1. The predicted octanol–water partition coefficient (Wildman–Crippen LogP) is 1.75. The third-order valence-corrected chi connectivity index (χ3v) is 5.08. The Morgan fingerprint density at radius 2 is 1.80 bits per heavy atom. The fourth-order valence-electron chi connectivity index (χ4n) is 3.75. The minimum atomic E-state index is 0.222. The number of aryl methyl sites for hydroxylation is 2. The molecule has 3 heterocycles. The summed E-state index contributed by atoms with van der Waals surface area (Å²) in [5.74, 6) is 1.31. The largest absolute Gasteiger partial charge is 0.368 e. The summed E-state index contributed by atoms with van der Waals surface area (Å²) < 4.78 is 2.03. The molecule has 6 nitrogen and oxygen atoms in total. The Morgan fingerprint density at radius 1 is 1.04 bits per heavy atom. The van der Waals surface area contributed by atoms with Crippen LogP contribution >= 0.6 is 0 Å². The number of hydrogen-bond donors (Lipinski definition) is 0. The summed E-state index contributed by atoms with van der Waals surface area (Å²) in [7, 11) is 0. The number of carbonyl (C=O) groups excluding carboxylic acids is 1. The Bertz CT molecular complexity index is 734. The molecule has 0 saturated carbocycles. The van der Waals surface area contributed by atoms with Gasteiger partial charge in [-0.25, -0.2) is 4.68 Å². The molecule has 0 radical (unpaired) electrons. The van der Waals surface area contributed by atoms with Crippen LogP contribution in [0.1, 0.15) is 12.1 Å². The van der Waals surface area contributed by atoms with Crippen molar-refractivity contribution >= 4 is 17.4 Å². The van der Waals surface area contributed by atoms with Crippen molar-refractivity contribution in [1.82, 2.24) is 14.7 Å². The number of carbonyl (C=O) groups is 1. The van der Waals surface area contributed by atoms with Crippen LogP contribution in [0.25, 0.3) is 0 Å². The van der Waals surface area contributed by atoms with Crippen LogP contribution in [0.4, 0.5) is 11.5 Å². The SMILES string of the molecule is Cc1cc2n(n1)CCCN2CC(=O)N1CCN(c2ccccc2)CC1. The van der Waals surface area contributed by atoms with Crippen molar-refractivity contribution in [2.45, 2.75) is 19.9 Å². The van der Waals surface area contributed by atoms with Gasteiger partial charge in [-0.2, -0.15) is 5.10 Å². The highest BCUT2D eigenvalue weighted by molar-refractivity contribution is 5.81. The number of fused-ring (bicyclic) bond motifs is 1. The van der Waals surface area contributed by atoms with Crippen molar-refractivity contribution in [3.05, 3.63) is 42.1 Å². The Balaban J connectivity index is 1.36. The third-order valence-electron chi connectivity index (χ3n) is 5.08. The lowest BCUT2D eigenvalue weighted by molar-refractivity contribution is -0.130. The maximum Gasteiger partial charge on any atom is 0.242 e. The molecule has 6 heteroatoms. The van der Waals surface area contributed by atoms with Gasteiger partial charge < -0.3 is 14.7 Å². The zero-order chi connectivity index (χ0) is 17.2. The molecule has 0 aliphatic carbocycles. The van der Waals surface area contributed by atoms with Gasteiger partial charge in [0, 0.05) is 51.0 Å². The van der Waals surface area contributed by atoms with E-state index in [1.54, 1.807) is 0 Å². The normalized spacial score (nSPS) is 17.6. The second-order valence-electron chi connectivity index (χ2n) is 6.85. The van der Waals surface area contributed by atoms with E-state index in [1.807, 2.05) is 22.6 Å². The van der Waals surface area contributed by atoms with Gasteiger partial charge in [-0.05, 0) is 25.5 Å². The van der Waals surface area contributed by atoms with Crippen molar-refractivity contribution in [1.29, 1.82) is 0 Å². The van der Waals surface area contributed by atoms with Gasteiger partial charge in [-0.3, -0.25) is 4.79 Å². The molecule has 1 aromatic heterocycles. The van der Waals surface area contributed by atoms with Gasteiger partial charge in [0.1, 0.15) is 5.82 Å². The van der Waals surface area contributed by atoms with E-state index in [0.717, 1.165) is 57.2 Å². The molecule has 0 bridgehead atoms. The van der Waals surface area contributed by atoms with Crippen LogP contribution in [0.3, 0.4) is 0 Å². The van der Waals surface area contributed by atoms with Gasteiger partial charge in [-0.15, -0.1) is 0 Å². The topological polar surface area (TPSA) is 44.6 Å². The van der Waals surface area contributed by atoms with E-state index in [9.17, 15) is 4.79 Å². The zero-order valence-corrected chi connectivity index (χ0v) is 14.8. The number of rotatable bonds is 3. The monoisotopic (exact) mass is 339 g/mol. The summed E-state index contributed by atoms with van der Waals surface area (Å²) in [6, 6.07) is 12.5. The molecular formula is C19H25N5O. The van der Waals surface area contributed by atoms with E-state index in [2.05, 4.69) is 45.2 Å². The second-order valence-corrected chi connectivity index (χ2v) is 6.85. The standard InChI is InChI=1S/C19H25N5O/c1-16-14-18-23(8-5-9-24(18)20-16)15-19(25)22-12-10-21(11-13-22)17-6-3-2-4-7-17/h2-4,6-7,14H,5,8-13,15H2,1H3. The van der Waals surface area contributed by atoms with Crippen LogP contribution in [0.2, 0.25) is 0 Å². The van der Waals surface area contributed by atoms with E-state index in [1.165, 1.54) is 5.69 Å². The fraction of sp³-hybridized carbons (Fsp3) is 0.474. The van der Waals surface area contributed by atoms with E-state index in [-0.39, 0.29) is 5.91 Å². The number of piperazine rings is 1. The zero-order valence-electron chi connectivity index (χ0n) is 14.8. The first kappa shape index (κ1) is 16.0. The number of amides is 1.